The Morgan fingerprint density at radius 1 is 1.00 bits per heavy atom. The van der Waals surface area contributed by atoms with E-state index in [1.165, 1.54) is 0 Å². The van der Waals surface area contributed by atoms with Crippen molar-refractivity contribution in [1.29, 1.82) is 0 Å². The Kier molecular flexibility index (Phi) is 5.68. The van der Waals surface area contributed by atoms with E-state index in [1.54, 1.807) is 6.07 Å². The van der Waals surface area contributed by atoms with Crippen LogP contribution in [0.25, 0.3) is 22.3 Å². The number of fused-ring (bicyclic) bond motifs is 1. The van der Waals surface area contributed by atoms with Crippen molar-refractivity contribution < 1.29 is 9.21 Å². The fourth-order valence-electron chi connectivity index (χ4n) is 4.13. The van der Waals surface area contributed by atoms with E-state index in [9.17, 15) is 4.79 Å². The van der Waals surface area contributed by atoms with E-state index >= 15 is 0 Å². The standard InChI is InChI=1S/C26H24ClN3O2/c1-29-10-12-30(13-11-29)26(31)23-9-5-8-22(28-23)16-19-14-21(27)15-20-17-24(32-25(19)20)18-6-3-2-4-7-18/h2-9,14-15,17H,10-13,16H2,1H3. The molecule has 1 saturated heterocycles. The van der Waals surface area contributed by atoms with E-state index in [4.69, 9.17) is 16.0 Å². The Balaban J connectivity index is 1.44. The molecule has 0 bridgehead atoms. The van der Waals surface area contributed by atoms with Gasteiger partial charge in [0.2, 0.25) is 0 Å². The molecule has 1 aliphatic rings. The zero-order chi connectivity index (χ0) is 22.1. The lowest BCUT2D eigenvalue weighted by atomic mass is 10.1. The van der Waals surface area contributed by atoms with Gasteiger partial charge in [0.1, 0.15) is 17.0 Å². The van der Waals surface area contributed by atoms with Crippen molar-refractivity contribution in [2.45, 2.75) is 6.42 Å². The van der Waals surface area contributed by atoms with Crippen LogP contribution in [0.15, 0.2) is 71.1 Å². The summed E-state index contributed by atoms with van der Waals surface area (Å²) in [6.07, 6.45) is 0.530. The zero-order valence-electron chi connectivity index (χ0n) is 17.9. The number of benzene rings is 2. The zero-order valence-corrected chi connectivity index (χ0v) is 18.7. The Morgan fingerprint density at radius 3 is 2.56 bits per heavy atom. The van der Waals surface area contributed by atoms with Crippen LogP contribution in [0.4, 0.5) is 0 Å². The maximum absolute atomic E-state index is 12.9. The summed E-state index contributed by atoms with van der Waals surface area (Å²) in [5, 5.41) is 1.61. The fourth-order valence-corrected chi connectivity index (χ4v) is 4.37. The predicted octanol–water partition coefficient (Wildman–Crippen LogP) is 5.13. The van der Waals surface area contributed by atoms with Gasteiger partial charge in [0, 0.05) is 59.8 Å². The van der Waals surface area contributed by atoms with Gasteiger partial charge in [-0.1, -0.05) is 48.0 Å². The van der Waals surface area contributed by atoms with Crippen molar-refractivity contribution in [2.24, 2.45) is 0 Å². The normalized spacial score (nSPS) is 14.8. The molecular weight excluding hydrogens is 422 g/mol. The quantitative estimate of drug-likeness (QED) is 0.437. The molecular formula is C26H24ClN3O2. The number of rotatable bonds is 4. The topological polar surface area (TPSA) is 49.6 Å². The molecule has 1 aliphatic heterocycles. The van der Waals surface area contributed by atoms with Crippen LogP contribution >= 0.6 is 11.6 Å². The summed E-state index contributed by atoms with van der Waals surface area (Å²) < 4.78 is 6.23. The van der Waals surface area contributed by atoms with Crippen LogP contribution in [-0.4, -0.2) is 53.9 Å². The highest BCUT2D eigenvalue weighted by Crippen LogP contribution is 2.33. The van der Waals surface area contributed by atoms with Gasteiger partial charge in [-0.3, -0.25) is 4.79 Å². The highest BCUT2D eigenvalue weighted by molar-refractivity contribution is 6.31. The first-order valence-electron chi connectivity index (χ1n) is 10.8. The number of halogens is 1. The molecule has 0 N–H and O–H groups in total. The molecule has 0 aliphatic carbocycles. The molecule has 32 heavy (non-hydrogen) atoms. The van der Waals surface area contributed by atoms with Gasteiger partial charge in [0.15, 0.2) is 0 Å². The number of hydrogen-bond acceptors (Lipinski definition) is 4. The number of hydrogen-bond donors (Lipinski definition) is 0. The van der Waals surface area contributed by atoms with E-state index < -0.39 is 0 Å². The van der Waals surface area contributed by atoms with Gasteiger partial charge < -0.3 is 14.2 Å². The molecule has 0 unspecified atom stereocenters. The average molecular weight is 446 g/mol. The monoisotopic (exact) mass is 445 g/mol. The molecule has 2 aromatic heterocycles. The minimum Gasteiger partial charge on any atom is -0.456 e. The van der Waals surface area contributed by atoms with E-state index in [-0.39, 0.29) is 5.91 Å². The second kappa shape index (κ2) is 8.77. The number of piperazine rings is 1. The summed E-state index contributed by atoms with van der Waals surface area (Å²) in [7, 11) is 2.07. The third kappa shape index (κ3) is 4.27. The minimum absolute atomic E-state index is 0.0134. The average Bonchev–Trinajstić information content (AvgIpc) is 3.24. The minimum atomic E-state index is -0.0134. The SMILES string of the molecule is CN1CCN(C(=O)c2cccc(Cc3cc(Cl)cc4cc(-c5ccccc5)oc34)n2)CC1. The van der Waals surface area contributed by atoms with E-state index in [1.807, 2.05) is 65.6 Å². The summed E-state index contributed by atoms with van der Waals surface area (Å²) in [5.41, 5.74) is 4.06. The van der Waals surface area contributed by atoms with Crippen molar-refractivity contribution >= 4 is 28.5 Å². The van der Waals surface area contributed by atoms with Crippen LogP contribution in [0.5, 0.6) is 0 Å². The summed E-state index contributed by atoms with van der Waals surface area (Å²) in [5.74, 6) is 0.789. The number of furan rings is 1. The number of aromatic nitrogens is 1. The van der Waals surface area contributed by atoms with Crippen LogP contribution < -0.4 is 0 Å². The summed E-state index contributed by atoms with van der Waals surface area (Å²) in [6.45, 7) is 3.22. The first-order valence-corrected chi connectivity index (χ1v) is 11.2. The van der Waals surface area contributed by atoms with Gasteiger partial charge in [-0.05, 0) is 37.4 Å². The largest absolute Gasteiger partial charge is 0.456 e. The predicted molar refractivity (Wildman–Crippen MR) is 127 cm³/mol. The molecule has 3 heterocycles. The first kappa shape index (κ1) is 20.7. The Bertz CT molecular complexity index is 1260. The van der Waals surface area contributed by atoms with Crippen molar-refractivity contribution in [2.75, 3.05) is 33.2 Å². The highest BCUT2D eigenvalue weighted by Gasteiger charge is 2.21. The van der Waals surface area contributed by atoms with Crippen LogP contribution in [-0.2, 0) is 6.42 Å². The van der Waals surface area contributed by atoms with Crippen molar-refractivity contribution in [1.82, 2.24) is 14.8 Å². The van der Waals surface area contributed by atoms with Crippen LogP contribution in [0.1, 0.15) is 21.7 Å². The molecule has 1 fully saturated rings. The second-order valence-electron chi connectivity index (χ2n) is 8.25. The molecule has 0 saturated carbocycles. The Labute approximate surface area is 192 Å². The number of amides is 1. The van der Waals surface area contributed by atoms with Crippen molar-refractivity contribution in [3.63, 3.8) is 0 Å². The van der Waals surface area contributed by atoms with Gasteiger partial charge in [-0.2, -0.15) is 0 Å². The molecule has 0 radical (unpaired) electrons. The smallest absolute Gasteiger partial charge is 0.272 e. The molecule has 6 heteroatoms. The van der Waals surface area contributed by atoms with Crippen molar-refractivity contribution in [3.05, 3.63) is 88.7 Å². The van der Waals surface area contributed by atoms with Gasteiger partial charge in [-0.15, -0.1) is 0 Å². The van der Waals surface area contributed by atoms with Gasteiger partial charge in [-0.25, -0.2) is 4.98 Å². The third-order valence-electron chi connectivity index (χ3n) is 5.90. The van der Waals surface area contributed by atoms with Gasteiger partial charge in [0.05, 0.1) is 0 Å². The number of likely N-dealkylation sites (N-methyl/N-ethyl adjacent to an activating group) is 1. The second-order valence-corrected chi connectivity index (χ2v) is 8.68. The Hall–Kier alpha value is -3.15. The van der Waals surface area contributed by atoms with E-state index in [0.717, 1.165) is 59.7 Å². The fraction of sp³-hybridized carbons (Fsp3) is 0.231. The van der Waals surface area contributed by atoms with E-state index in [2.05, 4.69) is 16.9 Å². The lowest BCUT2D eigenvalue weighted by Gasteiger charge is -2.32. The molecule has 1 amide bonds. The lowest BCUT2D eigenvalue weighted by Crippen LogP contribution is -2.47. The molecule has 0 spiro atoms. The molecule has 2 aromatic carbocycles. The Morgan fingerprint density at radius 2 is 1.78 bits per heavy atom. The maximum Gasteiger partial charge on any atom is 0.272 e. The molecule has 5 nitrogen and oxygen atoms in total. The number of nitrogens with zero attached hydrogens (tertiary/aromatic N) is 3. The maximum atomic E-state index is 12.9. The number of carbonyl (C=O) groups is 1. The van der Waals surface area contributed by atoms with Crippen LogP contribution in [0, 0.1) is 0 Å². The number of carbonyl (C=O) groups excluding carboxylic acids is 1. The van der Waals surface area contributed by atoms with E-state index in [0.29, 0.717) is 17.1 Å². The summed E-state index contributed by atoms with van der Waals surface area (Å²) >= 11 is 6.41. The van der Waals surface area contributed by atoms with Gasteiger partial charge in [0.25, 0.3) is 5.91 Å². The lowest BCUT2D eigenvalue weighted by molar-refractivity contribution is 0.0658. The molecule has 0 atom stereocenters. The molecule has 162 valence electrons. The molecule has 4 aromatic rings. The van der Waals surface area contributed by atoms with Crippen LogP contribution in [0.3, 0.4) is 0 Å². The first-order chi connectivity index (χ1) is 15.6. The van der Waals surface area contributed by atoms with Crippen molar-refractivity contribution in [3.8, 4) is 11.3 Å². The molecule has 5 rings (SSSR count). The number of pyridine rings is 1. The van der Waals surface area contributed by atoms with Gasteiger partial charge >= 0.3 is 0 Å². The summed E-state index contributed by atoms with van der Waals surface area (Å²) in [6, 6.07) is 21.5. The third-order valence-corrected chi connectivity index (χ3v) is 6.12. The van der Waals surface area contributed by atoms with Crippen LogP contribution in [0.2, 0.25) is 5.02 Å². The highest BCUT2D eigenvalue weighted by atomic mass is 35.5. The summed E-state index contributed by atoms with van der Waals surface area (Å²) in [4.78, 5) is 21.7.